The van der Waals surface area contributed by atoms with E-state index in [0.29, 0.717) is 0 Å². The summed E-state index contributed by atoms with van der Waals surface area (Å²) in [5.74, 6) is 0. The van der Waals surface area contributed by atoms with Crippen LogP contribution in [0.1, 0.15) is 20.3 Å². The second-order valence-corrected chi connectivity index (χ2v) is 1.00. The normalized spacial score (nSPS) is 8.33. The van der Waals surface area contributed by atoms with Gasteiger partial charge in [0.15, 0.2) is 0 Å². The van der Waals surface area contributed by atoms with Gasteiger partial charge in [0.1, 0.15) is 0 Å². The van der Waals surface area contributed by atoms with Crippen molar-refractivity contribution < 1.29 is 46.5 Å². The predicted molar refractivity (Wildman–Crippen MR) is 43.6 cm³/mol. The first-order valence-electron chi connectivity index (χ1n) is 3.13. The van der Waals surface area contributed by atoms with E-state index in [4.69, 9.17) is 0 Å². The molecule has 12 heavy (non-hydrogen) atoms. The largest absolute Gasteiger partial charge is 3.00 e. The van der Waals surface area contributed by atoms with Gasteiger partial charge in [-0.2, -0.15) is 19.9 Å². The van der Waals surface area contributed by atoms with Crippen LogP contribution in [0.2, 0.25) is 0 Å². The molecule has 0 amide bonds. The molecule has 1 aliphatic carbocycles. The molecule has 1 rings (SSSR count). The van der Waals surface area contributed by atoms with Gasteiger partial charge in [0.05, 0.1) is 0 Å². The van der Waals surface area contributed by atoms with Gasteiger partial charge < -0.3 is 38.7 Å². The van der Waals surface area contributed by atoms with Gasteiger partial charge >= 0.3 is 21.7 Å². The van der Waals surface area contributed by atoms with Gasteiger partial charge in [-0.05, 0) is 0 Å². The van der Waals surface area contributed by atoms with Crippen molar-refractivity contribution in [3.05, 3.63) is 38.2 Å². The van der Waals surface area contributed by atoms with Crippen molar-refractivity contribution in [2.75, 3.05) is 0 Å². The second-order valence-electron chi connectivity index (χ2n) is 1.00. The number of rotatable bonds is 0. The van der Waals surface area contributed by atoms with Crippen molar-refractivity contribution in [3.8, 4) is 0 Å². The molecule has 0 fully saturated rings. The molecule has 1 aliphatic rings. The Hall–Kier alpha value is 0.774. The smallest absolute Gasteiger partial charge is 1.00 e. The molecule has 1 radical (unpaired) electrons. The minimum atomic E-state index is 0. The van der Waals surface area contributed by atoms with Crippen molar-refractivity contribution in [1.29, 1.82) is 0 Å². The fourth-order valence-electron chi connectivity index (χ4n) is 0.340. The molecule has 0 aromatic heterocycles. The first-order chi connectivity index (χ1) is 4.50. The Bertz CT molecular complexity index is 70.6. The van der Waals surface area contributed by atoms with Crippen LogP contribution in [0.3, 0.4) is 0 Å². The van der Waals surface area contributed by atoms with Gasteiger partial charge in [0.25, 0.3) is 0 Å². The maximum Gasteiger partial charge on any atom is 3.00 e. The van der Waals surface area contributed by atoms with Crippen LogP contribution < -0.4 is 24.8 Å². The Balaban J connectivity index is -0.0000000213. The van der Waals surface area contributed by atoms with Gasteiger partial charge in [0.2, 0.25) is 0 Å². The summed E-state index contributed by atoms with van der Waals surface area (Å²) < 4.78 is 0. The molecule has 0 saturated carbocycles. The number of halogens is 2. The molecule has 0 unspecified atom stereocenters. The molecule has 0 aromatic carbocycles. The van der Waals surface area contributed by atoms with E-state index in [1.807, 2.05) is 12.2 Å². The number of allylic oxidation sites excluding steroid dienone is 4. The van der Waals surface area contributed by atoms with Crippen LogP contribution in [-0.4, -0.2) is 0 Å². The van der Waals surface area contributed by atoms with E-state index < -0.39 is 0 Å². The SMILES string of the molecule is [C-]1=CC=CC1.[CH2-]C.[CH2-]C.[Cl-].[Cl-].[Ti+3]. The van der Waals surface area contributed by atoms with Gasteiger partial charge in [-0.15, -0.1) is 6.42 Å². The van der Waals surface area contributed by atoms with Crippen molar-refractivity contribution in [2.45, 2.75) is 20.3 Å². The van der Waals surface area contributed by atoms with Crippen molar-refractivity contribution >= 4 is 0 Å². The molecule has 0 bridgehead atoms. The predicted octanol–water partition coefficient (Wildman–Crippen LogP) is -3.01. The van der Waals surface area contributed by atoms with Crippen LogP contribution >= 0.6 is 0 Å². The van der Waals surface area contributed by atoms with Crippen LogP contribution in [-0.2, 0) is 21.7 Å². The van der Waals surface area contributed by atoms with E-state index in [9.17, 15) is 0 Å². The molecule has 0 heterocycles. The third kappa shape index (κ3) is 30.9. The summed E-state index contributed by atoms with van der Waals surface area (Å²) >= 11 is 0. The van der Waals surface area contributed by atoms with E-state index in [1.165, 1.54) is 0 Å². The summed E-state index contributed by atoms with van der Waals surface area (Å²) in [7, 11) is 0. The van der Waals surface area contributed by atoms with Crippen molar-refractivity contribution in [1.82, 2.24) is 0 Å². The number of hydrogen-bond donors (Lipinski definition) is 0. The average molecular weight is 242 g/mol. The second kappa shape index (κ2) is 41.0. The molecule has 0 spiro atoms. The zero-order chi connectivity index (χ0) is 7.54. The molecule has 0 nitrogen and oxygen atoms in total. The van der Waals surface area contributed by atoms with E-state index in [-0.39, 0.29) is 46.5 Å². The van der Waals surface area contributed by atoms with Gasteiger partial charge in [-0.25, -0.2) is 12.2 Å². The molecular formula is C9H15Cl2Ti-2. The molecule has 0 aromatic rings. The van der Waals surface area contributed by atoms with E-state index >= 15 is 0 Å². The quantitative estimate of drug-likeness (QED) is 0.313. The molecule has 3 heteroatoms. The van der Waals surface area contributed by atoms with Crippen molar-refractivity contribution in [2.24, 2.45) is 0 Å². The van der Waals surface area contributed by atoms with Gasteiger partial charge in [0, 0.05) is 0 Å². The summed E-state index contributed by atoms with van der Waals surface area (Å²) in [4.78, 5) is 0. The standard InChI is InChI=1S/C5H5.2C2H5.2ClH.Ti/c1-2-4-5-3-1;2*1-2;;;/h1-3H,4H2;2*1H2,2H3;2*1H;/q3*-1;;;+3/p-2. The maximum atomic E-state index is 3.25. The van der Waals surface area contributed by atoms with Crippen LogP contribution in [0, 0.1) is 19.9 Å². The fourth-order valence-corrected chi connectivity index (χ4v) is 0.340. The van der Waals surface area contributed by atoms with Gasteiger partial charge in [-0.1, -0.05) is 0 Å². The zero-order valence-electron chi connectivity index (χ0n) is 7.61. The Morgan fingerprint density at radius 2 is 1.50 bits per heavy atom. The summed E-state index contributed by atoms with van der Waals surface area (Å²) in [6.07, 6.45) is 10.0. The first-order valence-corrected chi connectivity index (χ1v) is 3.13. The summed E-state index contributed by atoms with van der Waals surface area (Å²) in [6, 6.07) is 0. The Kier molecular flexibility index (Phi) is 100. The van der Waals surface area contributed by atoms with Crippen LogP contribution in [0.15, 0.2) is 18.2 Å². The third-order valence-corrected chi connectivity index (χ3v) is 0.586. The maximum absolute atomic E-state index is 3.25. The molecule has 71 valence electrons. The fraction of sp³-hybridized carbons (Fsp3) is 0.333. The molecular weight excluding hydrogens is 227 g/mol. The molecule has 0 atom stereocenters. The van der Waals surface area contributed by atoms with E-state index in [2.05, 4.69) is 26.0 Å². The summed E-state index contributed by atoms with van der Waals surface area (Å²) in [5.41, 5.74) is 0. The van der Waals surface area contributed by atoms with E-state index in [0.717, 1.165) is 6.42 Å². The minimum absolute atomic E-state index is 0. The van der Waals surface area contributed by atoms with E-state index in [1.54, 1.807) is 13.8 Å². The van der Waals surface area contributed by atoms with Gasteiger partial charge in [-0.3, -0.25) is 6.08 Å². The zero-order valence-corrected chi connectivity index (χ0v) is 10.7. The van der Waals surface area contributed by atoms with Crippen molar-refractivity contribution in [3.63, 3.8) is 0 Å². The monoisotopic (exact) mass is 241 g/mol. The molecule has 0 N–H and O–H groups in total. The Morgan fingerprint density at radius 3 is 1.58 bits per heavy atom. The summed E-state index contributed by atoms with van der Waals surface area (Å²) in [6.45, 7) is 10.0. The van der Waals surface area contributed by atoms with Crippen LogP contribution in [0.25, 0.3) is 0 Å². The molecule has 0 saturated heterocycles. The molecule has 0 aliphatic heterocycles. The summed E-state index contributed by atoms with van der Waals surface area (Å²) in [5, 5.41) is 0. The topological polar surface area (TPSA) is 0 Å². The Morgan fingerprint density at radius 1 is 1.08 bits per heavy atom. The van der Waals surface area contributed by atoms with Crippen LogP contribution in [0.5, 0.6) is 0 Å². The minimum Gasteiger partial charge on any atom is -1.00 e. The Labute approximate surface area is 105 Å². The average Bonchev–Trinajstić information content (AvgIpc) is 2.51. The third-order valence-electron chi connectivity index (χ3n) is 0.586. The number of hydrogen-bond acceptors (Lipinski definition) is 0. The van der Waals surface area contributed by atoms with Crippen LogP contribution in [0.4, 0.5) is 0 Å². The first kappa shape index (κ1) is 29.3.